The van der Waals surface area contributed by atoms with Gasteiger partial charge in [-0.15, -0.1) is 0 Å². The molecule has 1 unspecified atom stereocenters. The fourth-order valence-corrected chi connectivity index (χ4v) is 2.45. The van der Waals surface area contributed by atoms with Crippen molar-refractivity contribution in [3.63, 3.8) is 0 Å². The number of hydrogen-bond donors (Lipinski definition) is 1. The monoisotopic (exact) mass is 249 g/mol. The first-order valence-electron chi connectivity index (χ1n) is 5.39. The second-order valence-corrected chi connectivity index (χ2v) is 4.44. The van der Waals surface area contributed by atoms with E-state index >= 15 is 0 Å². The fraction of sp³-hybridized carbons (Fsp3) is 0.333. The minimum absolute atomic E-state index is 0.291. The summed E-state index contributed by atoms with van der Waals surface area (Å²) >= 11 is 6.11. The lowest BCUT2D eigenvalue weighted by Gasteiger charge is -2.25. The van der Waals surface area contributed by atoms with Crippen molar-refractivity contribution in [1.29, 1.82) is 5.26 Å². The fourth-order valence-electron chi connectivity index (χ4n) is 2.16. The predicted molar refractivity (Wildman–Crippen MR) is 65.7 cm³/mol. The van der Waals surface area contributed by atoms with Crippen molar-refractivity contribution in [1.82, 2.24) is 0 Å². The van der Waals surface area contributed by atoms with E-state index in [0.29, 0.717) is 10.6 Å². The van der Waals surface area contributed by atoms with Crippen LogP contribution in [0.1, 0.15) is 18.4 Å². The van der Waals surface area contributed by atoms with Crippen molar-refractivity contribution in [2.75, 3.05) is 11.4 Å². The first-order valence-corrected chi connectivity index (χ1v) is 5.77. The van der Waals surface area contributed by atoms with Crippen molar-refractivity contribution >= 4 is 23.2 Å². The van der Waals surface area contributed by atoms with Gasteiger partial charge in [0, 0.05) is 6.54 Å². The summed E-state index contributed by atoms with van der Waals surface area (Å²) in [5.74, 6) is -0.331. The minimum Gasteiger partial charge on any atom is -0.368 e. The zero-order valence-electron chi connectivity index (χ0n) is 9.19. The summed E-state index contributed by atoms with van der Waals surface area (Å²) in [6.07, 6.45) is 1.68. The average Bonchev–Trinajstić information content (AvgIpc) is 2.77. The third-order valence-electron chi connectivity index (χ3n) is 2.97. The number of amides is 1. The summed E-state index contributed by atoms with van der Waals surface area (Å²) < 4.78 is 0. The topological polar surface area (TPSA) is 70.1 Å². The average molecular weight is 250 g/mol. The van der Waals surface area contributed by atoms with Crippen molar-refractivity contribution in [2.45, 2.75) is 18.9 Å². The van der Waals surface area contributed by atoms with Crippen molar-refractivity contribution < 1.29 is 4.79 Å². The van der Waals surface area contributed by atoms with Crippen LogP contribution >= 0.6 is 11.6 Å². The second kappa shape index (κ2) is 4.64. The molecule has 2 rings (SSSR count). The van der Waals surface area contributed by atoms with E-state index in [-0.39, 0.29) is 11.9 Å². The molecule has 0 saturated carbocycles. The lowest BCUT2D eigenvalue weighted by Crippen LogP contribution is -2.40. The largest absolute Gasteiger partial charge is 0.368 e. The van der Waals surface area contributed by atoms with Crippen LogP contribution in [-0.4, -0.2) is 18.5 Å². The van der Waals surface area contributed by atoms with Gasteiger partial charge < -0.3 is 10.6 Å². The van der Waals surface area contributed by atoms with Crippen molar-refractivity contribution in [2.24, 2.45) is 5.73 Å². The number of nitrogens with zero attached hydrogens (tertiary/aromatic N) is 2. The second-order valence-electron chi connectivity index (χ2n) is 4.03. The molecule has 1 heterocycles. The number of anilines is 1. The number of hydrogen-bond acceptors (Lipinski definition) is 3. The summed E-state index contributed by atoms with van der Waals surface area (Å²) in [5.41, 5.74) is 6.63. The molecule has 0 aliphatic carbocycles. The Labute approximate surface area is 105 Å². The lowest BCUT2D eigenvalue weighted by atomic mass is 10.1. The highest BCUT2D eigenvalue weighted by Gasteiger charge is 2.30. The summed E-state index contributed by atoms with van der Waals surface area (Å²) in [5, 5.41) is 9.25. The van der Waals surface area contributed by atoms with Gasteiger partial charge in [-0.05, 0) is 31.0 Å². The van der Waals surface area contributed by atoms with Crippen molar-refractivity contribution in [3.8, 4) is 6.07 Å². The Morgan fingerprint density at radius 3 is 2.94 bits per heavy atom. The zero-order valence-corrected chi connectivity index (χ0v) is 9.94. The van der Waals surface area contributed by atoms with E-state index in [0.717, 1.165) is 25.1 Å². The van der Waals surface area contributed by atoms with Crippen molar-refractivity contribution in [3.05, 3.63) is 28.8 Å². The van der Waals surface area contributed by atoms with E-state index in [4.69, 9.17) is 22.6 Å². The molecule has 5 heteroatoms. The molecule has 0 bridgehead atoms. The van der Waals surface area contributed by atoms with Gasteiger partial charge in [0.25, 0.3) is 0 Å². The Morgan fingerprint density at radius 2 is 2.35 bits per heavy atom. The highest BCUT2D eigenvalue weighted by atomic mass is 35.5. The van der Waals surface area contributed by atoms with Gasteiger partial charge >= 0.3 is 0 Å². The molecule has 1 aromatic carbocycles. The van der Waals surface area contributed by atoms with E-state index in [9.17, 15) is 4.79 Å². The number of carbonyl (C=O) groups excluding carboxylic acids is 1. The van der Waals surface area contributed by atoms with Gasteiger partial charge in [0.1, 0.15) is 6.04 Å². The van der Waals surface area contributed by atoms with Gasteiger partial charge in [0.15, 0.2) is 0 Å². The number of halogens is 1. The first kappa shape index (κ1) is 11.7. The van der Waals surface area contributed by atoms with Gasteiger partial charge in [-0.1, -0.05) is 11.6 Å². The molecule has 4 nitrogen and oxygen atoms in total. The van der Waals surface area contributed by atoms with Crippen LogP contribution in [0.25, 0.3) is 0 Å². The number of nitrogens with two attached hydrogens (primary N) is 1. The maximum absolute atomic E-state index is 11.3. The lowest BCUT2D eigenvalue weighted by molar-refractivity contribution is -0.119. The molecule has 88 valence electrons. The van der Waals surface area contributed by atoms with Gasteiger partial charge in [0.2, 0.25) is 5.91 Å². The molecule has 1 aliphatic rings. The van der Waals surface area contributed by atoms with E-state index in [1.165, 1.54) is 0 Å². The molecular formula is C12H12ClN3O. The smallest absolute Gasteiger partial charge is 0.240 e. The molecule has 1 amide bonds. The van der Waals surface area contributed by atoms with Gasteiger partial charge in [-0.2, -0.15) is 5.26 Å². The van der Waals surface area contributed by atoms with Crippen LogP contribution in [0.5, 0.6) is 0 Å². The Hall–Kier alpha value is -1.73. The Balaban J connectivity index is 2.34. The normalized spacial score (nSPS) is 19.1. The molecule has 1 atom stereocenters. The van der Waals surface area contributed by atoms with Gasteiger partial charge in [-0.25, -0.2) is 0 Å². The van der Waals surface area contributed by atoms with Crippen LogP contribution in [0.2, 0.25) is 5.02 Å². The van der Waals surface area contributed by atoms with E-state index in [1.54, 1.807) is 18.2 Å². The SMILES string of the molecule is N#Cc1ccc(N2CCCC2C(N)=O)c(Cl)c1. The highest BCUT2D eigenvalue weighted by molar-refractivity contribution is 6.33. The minimum atomic E-state index is -0.331. The first-order chi connectivity index (χ1) is 8.13. The third-order valence-corrected chi connectivity index (χ3v) is 3.27. The van der Waals surface area contributed by atoms with Crippen LogP contribution in [0.3, 0.4) is 0 Å². The number of nitriles is 1. The zero-order chi connectivity index (χ0) is 12.4. The van der Waals surface area contributed by atoms with Crippen LogP contribution in [0.4, 0.5) is 5.69 Å². The Kier molecular flexibility index (Phi) is 3.21. The molecular weight excluding hydrogens is 238 g/mol. The molecule has 17 heavy (non-hydrogen) atoms. The molecule has 0 radical (unpaired) electrons. The molecule has 1 saturated heterocycles. The summed E-state index contributed by atoms with van der Waals surface area (Å²) in [6, 6.07) is 6.80. The van der Waals surface area contributed by atoms with Crippen LogP contribution in [0, 0.1) is 11.3 Å². The molecule has 1 aliphatic heterocycles. The van der Waals surface area contributed by atoms with E-state index in [1.807, 2.05) is 11.0 Å². The predicted octanol–water partition coefficient (Wildman–Crippen LogP) is 1.67. The summed E-state index contributed by atoms with van der Waals surface area (Å²) in [7, 11) is 0. The highest BCUT2D eigenvalue weighted by Crippen LogP contribution is 2.32. The van der Waals surface area contributed by atoms with Gasteiger partial charge in [0.05, 0.1) is 22.3 Å². The summed E-state index contributed by atoms with van der Waals surface area (Å²) in [6.45, 7) is 0.763. The standard InChI is InChI=1S/C12H12ClN3O/c13-9-6-8(7-14)3-4-10(9)16-5-1-2-11(16)12(15)17/h3-4,6,11H,1-2,5H2,(H2,15,17). The molecule has 1 fully saturated rings. The van der Waals surface area contributed by atoms with Gasteiger partial charge in [-0.3, -0.25) is 4.79 Å². The number of primary amides is 1. The third kappa shape index (κ3) is 2.20. The number of rotatable bonds is 2. The van der Waals surface area contributed by atoms with Crippen LogP contribution in [-0.2, 0) is 4.79 Å². The molecule has 0 aromatic heterocycles. The number of benzene rings is 1. The maximum Gasteiger partial charge on any atom is 0.240 e. The molecule has 0 spiro atoms. The Bertz CT molecular complexity index is 495. The quantitative estimate of drug-likeness (QED) is 0.867. The van der Waals surface area contributed by atoms with Crippen LogP contribution in [0.15, 0.2) is 18.2 Å². The maximum atomic E-state index is 11.3. The molecule has 2 N–H and O–H groups in total. The Morgan fingerprint density at radius 1 is 1.59 bits per heavy atom. The summed E-state index contributed by atoms with van der Waals surface area (Å²) in [4.78, 5) is 13.2. The number of carbonyl (C=O) groups is 1. The van der Waals surface area contributed by atoms with E-state index in [2.05, 4.69) is 0 Å². The van der Waals surface area contributed by atoms with Crippen LogP contribution < -0.4 is 10.6 Å². The molecule has 1 aromatic rings. The van der Waals surface area contributed by atoms with E-state index < -0.39 is 0 Å².